The minimum Gasteiger partial charge on any atom is -0.313 e. The highest BCUT2D eigenvalue weighted by Crippen LogP contribution is 2.30. The highest BCUT2D eigenvalue weighted by Gasteiger charge is 2.30. The second kappa shape index (κ2) is 5.48. The molecular formula is C14H13F3N2O. The van der Waals surface area contributed by atoms with Gasteiger partial charge in [-0.15, -0.1) is 0 Å². The molecule has 0 aliphatic rings. The molecule has 0 saturated heterocycles. The molecule has 106 valence electrons. The Labute approximate surface area is 113 Å². The first kappa shape index (κ1) is 14.3. The monoisotopic (exact) mass is 282 g/mol. The van der Waals surface area contributed by atoms with E-state index in [1.54, 1.807) is 0 Å². The molecular weight excluding hydrogens is 269 g/mol. The summed E-state index contributed by atoms with van der Waals surface area (Å²) in [5, 5.41) is 0. The van der Waals surface area contributed by atoms with Gasteiger partial charge in [0.25, 0.3) is 5.56 Å². The average molecular weight is 282 g/mol. The predicted molar refractivity (Wildman–Crippen MR) is 69.3 cm³/mol. The molecule has 0 amide bonds. The number of hydrogen-bond donors (Lipinski definition) is 1. The number of aromatic nitrogens is 2. The van der Waals surface area contributed by atoms with Gasteiger partial charge in [0.15, 0.2) is 0 Å². The summed E-state index contributed by atoms with van der Waals surface area (Å²) in [7, 11) is 0. The number of rotatable bonds is 3. The highest BCUT2D eigenvalue weighted by molar-refractivity contribution is 5.62. The Hall–Kier alpha value is -2.11. The number of hydrogen-bond acceptors (Lipinski definition) is 2. The summed E-state index contributed by atoms with van der Waals surface area (Å²) in [6, 6.07) is 4.66. The van der Waals surface area contributed by atoms with Crippen molar-refractivity contribution in [2.24, 2.45) is 0 Å². The SMILES string of the molecule is CCCc1c(-c2ccc(C(F)(F)F)cc2)nc[nH]c1=O. The van der Waals surface area contributed by atoms with Crippen LogP contribution < -0.4 is 5.56 Å². The van der Waals surface area contributed by atoms with Crippen LogP contribution in [-0.4, -0.2) is 9.97 Å². The van der Waals surface area contributed by atoms with E-state index in [-0.39, 0.29) is 5.56 Å². The predicted octanol–water partition coefficient (Wildman–Crippen LogP) is 3.41. The van der Waals surface area contributed by atoms with Crippen LogP contribution in [0, 0.1) is 0 Å². The van der Waals surface area contributed by atoms with Gasteiger partial charge in [-0.2, -0.15) is 13.2 Å². The van der Waals surface area contributed by atoms with Gasteiger partial charge >= 0.3 is 6.18 Å². The van der Waals surface area contributed by atoms with Crippen LogP contribution in [0.25, 0.3) is 11.3 Å². The van der Waals surface area contributed by atoms with E-state index in [1.807, 2.05) is 6.92 Å². The average Bonchev–Trinajstić information content (AvgIpc) is 2.40. The molecule has 2 rings (SSSR count). The van der Waals surface area contributed by atoms with Crippen molar-refractivity contribution < 1.29 is 13.2 Å². The highest BCUT2D eigenvalue weighted by atomic mass is 19.4. The molecule has 2 aromatic rings. The second-order valence-electron chi connectivity index (χ2n) is 4.38. The van der Waals surface area contributed by atoms with E-state index >= 15 is 0 Å². The third-order valence-corrected chi connectivity index (χ3v) is 2.93. The fraction of sp³-hybridized carbons (Fsp3) is 0.286. The molecule has 6 heteroatoms. The Morgan fingerprint density at radius 3 is 2.40 bits per heavy atom. The number of nitrogens with one attached hydrogen (secondary N) is 1. The van der Waals surface area contributed by atoms with Crippen LogP contribution in [0.2, 0.25) is 0 Å². The number of aromatic amines is 1. The molecule has 1 aromatic heterocycles. The molecule has 20 heavy (non-hydrogen) atoms. The summed E-state index contributed by atoms with van der Waals surface area (Å²) in [5.41, 5.74) is 0.464. The Balaban J connectivity index is 2.47. The zero-order valence-electron chi connectivity index (χ0n) is 10.8. The quantitative estimate of drug-likeness (QED) is 0.937. The van der Waals surface area contributed by atoms with Gasteiger partial charge in [0.05, 0.1) is 17.6 Å². The van der Waals surface area contributed by atoms with Gasteiger partial charge in [-0.1, -0.05) is 25.5 Å². The summed E-state index contributed by atoms with van der Waals surface area (Å²) in [4.78, 5) is 18.3. The van der Waals surface area contributed by atoms with Gasteiger partial charge in [-0.3, -0.25) is 4.79 Å². The lowest BCUT2D eigenvalue weighted by molar-refractivity contribution is -0.137. The maximum atomic E-state index is 12.5. The van der Waals surface area contributed by atoms with Crippen LogP contribution in [0.3, 0.4) is 0 Å². The summed E-state index contributed by atoms with van der Waals surface area (Å²) in [6.07, 6.45) is -1.83. The van der Waals surface area contributed by atoms with Crippen molar-refractivity contribution in [1.29, 1.82) is 0 Å². The van der Waals surface area contributed by atoms with Crippen molar-refractivity contribution in [2.45, 2.75) is 25.9 Å². The zero-order chi connectivity index (χ0) is 14.8. The molecule has 0 saturated carbocycles. The van der Waals surface area contributed by atoms with Crippen LogP contribution in [0.4, 0.5) is 13.2 Å². The van der Waals surface area contributed by atoms with E-state index in [0.717, 1.165) is 18.6 Å². The Morgan fingerprint density at radius 2 is 1.85 bits per heavy atom. The summed E-state index contributed by atoms with van der Waals surface area (Å²) >= 11 is 0. The second-order valence-corrected chi connectivity index (χ2v) is 4.38. The molecule has 0 unspecified atom stereocenters. The zero-order valence-corrected chi connectivity index (χ0v) is 10.8. The van der Waals surface area contributed by atoms with E-state index in [4.69, 9.17) is 0 Å². The third-order valence-electron chi connectivity index (χ3n) is 2.93. The van der Waals surface area contributed by atoms with Crippen LogP contribution >= 0.6 is 0 Å². The van der Waals surface area contributed by atoms with E-state index in [0.29, 0.717) is 23.2 Å². The first-order chi connectivity index (χ1) is 9.43. The molecule has 0 aliphatic carbocycles. The summed E-state index contributed by atoms with van der Waals surface area (Å²) in [5.74, 6) is 0. The number of benzene rings is 1. The van der Waals surface area contributed by atoms with E-state index in [2.05, 4.69) is 9.97 Å². The van der Waals surface area contributed by atoms with Crippen LogP contribution in [0.1, 0.15) is 24.5 Å². The lowest BCUT2D eigenvalue weighted by Gasteiger charge is -2.09. The first-order valence-electron chi connectivity index (χ1n) is 6.17. The van der Waals surface area contributed by atoms with Gasteiger partial charge < -0.3 is 4.98 Å². The minimum atomic E-state index is -4.37. The van der Waals surface area contributed by atoms with Crippen molar-refractivity contribution in [1.82, 2.24) is 9.97 Å². The van der Waals surface area contributed by atoms with Crippen LogP contribution in [0.5, 0.6) is 0 Å². The van der Waals surface area contributed by atoms with Crippen LogP contribution in [0.15, 0.2) is 35.4 Å². The molecule has 3 nitrogen and oxygen atoms in total. The molecule has 0 bridgehead atoms. The van der Waals surface area contributed by atoms with E-state index in [1.165, 1.54) is 18.5 Å². The molecule has 1 heterocycles. The van der Waals surface area contributed by atoms with E-state index < -0.39 is 11.7 Å². The van der Waals surface area contributed by atoms with Gasteiger partial charge in [0.2, 0.25) is 0 Å². The normalized spacial score (nSPS) is 11.6. The minimum absolute atomic E-state index is 0.253. The molecule has 0 aliphatic heterocycles. The molecule has 0 spiro atoms. The largest absolute Gasteiger partial charge is 0.416 e. The van der Waals surface area contributed by atoms with Gasteiger partial charge in [-0.25, -0.2) is 4.98 Å². The van der Waals surface area contributed by atoms with Crippen molar-refractivity contribution in [3.05, 3.63) is 52.1 Å². The van der Waals surface area contributed by atoms with Gasteiger partial charge in [0.1, 0.15) is 0 Å². The fourth-order valence-corrected chi connectivity index (χ4v) is 1.98. The smallest absolute Gasteiger partial charge is 0.313 e. The summed E-state index contributed by atoms with van der Waals surface area (Å²) < 4.78 is 37.5. The number of halogens is 3. The van der Waals surface area contributed by atoms with Crippen molar-refractivity contribution in [3.8, 4) is 11.3 Å². The standard InChI is InChI=1S/C14H13F3N2O/c1-2-3-11-12(18-8-19-13(11)20)9-4-6-10(7-5-9)14(15,16)17/h4-8H,2-3H2,1H3,(H,18,19,20). The van der Waals surface area contributed by atoms with Crippen molar-refractivity contribution in [2.75, 3.05) is 0 Å². The van der Waals surface area contributed by atoms with Crippen molar-refractivity contribution in [3.63, 3.8) is 0 Å². The maximum absolute atomic E-state index is 12.5. The summed E-state index contributed by atoms with van der Waals surface area (Å²) in [6.45, 7) is 1.92. The Bertz CT molecular complexity index is 645. The van der Waals surface area contributed by atoms with Crippen LogP contribution in [-0.2, 0) is 12.6 Å². The molecule has 0 fully saturated rings. The molecule has 0 radical (unpaired) electrons. The van der Waals surface area contributed by atoms with E-state index in [9.17, 15) is 18.0 Å². The Kier molecular flexibility index (Phi) is 3.92. The molecule has 0 atom stereocenters. The number of nitrogens with zero attached hydrogens (tertiary/aromatic N) is 1. The number of alkyl halides is 3. The lowest BCUT2D eigenvalue weighted by Crippen LogP contribution is -2.14. The Morgan fingerprint density at radius 1 is 1.20 bits per heavy atom. The third kappa shape index (κ3) is 2.89. The van der Waals surface area contributed by atoms with Gasteiger partial charge in [-0.05, 0) is 18.6 Å². The first-order valence-corrected chi connectivity index (χ1v) is 6.17. The van der Waals surface area contributed by atoms with Crippen molar-refractivity contribution >= 4 is 0 Å². The topological polar surface area (TPSA) is 45.8 Å². The maximum Gasteiger partial charge on any atom is 0.416 e. The van der Waals surface area contributed by atoms with Gasteiger partial charge in [0, 0.05) is 11.1 Å². The molecule has 1 N–H and O–H groups in total. The lowest BCUT2D eigenvalue weighted by atomic mass is 10.0. The molecule has 1 aromatic carbocycles. The fourth-order valence-electron chi connectivity index (χ4n) is 1.98. The number of H-pyrrole nitrogens is 1.